The lowest BCUT2D eigenvalue weighted by Gasteiger charge is -2.31. The molecule has 0 saturated carbocycles. The van der Waals surface area contributed by atoms with Crippen molar-refractivity contribution in [3.8, 4) is 5.75 Å². The second-order valence-corrected chi connectivity index (χ2v) is 7.51. The van der Waals surface area contributed by atoms with E-state index in [4.69, 9.17) is 4.74 Å². The van der Waals surface area contributed by atoms with E-state index < -0.39 is 36.0 Å². The maximum Gasteiger partial charge on any atom is 0.319 e. The second kappa shape index (κ2) is 8.67. The molecule has 166 valence electrons. The number of aliphatic hydroxyl groups is 1. The summed E-state index contributed by atoms with van der Waals surface area (Å²) < 4.78 is 5.12. The van der Waals surface area contributed by atoms with Crippen LogP contribution in [0, 0.1) is 0 Å². The Labute approximate surface area is 183 Å². The minimum Gasteiger partial charge on any atom is -0.497 e. The Bertz CT molecular complexity index is 1100. The minimum absolute atomic E-state index is 0.0980. The summed E-state index contributed by atoms with van der Waals surface area (Å²) in [7, 11) is 1.54. The number of rotatable bonds is 5. The molecule has 2 atom stereocenters. The lowest BCUT2D eigenvalue weighted by Crippen LogP contribution is -2.53. The van der Waals surface area contributed by atoms with Gasteiger partial charge in [0.25, 0.3) is 5.91 Å². The predicted octanol–water partition coefficient (Wildman–Crippen LogP) is 1.27. The molecule has 0 aliphatic carbocycles. The lowest BCUT2D eigenvalue weighted by atomic mass is 10.0. The molecule has 32 heavy (non-hydrogen) atoms. The first kappa shape index (κ1) is 21.3. The van der Waals surface area contributed by atoms with Crippen molar-refractivity contribution in [3.05, 3.63) is 59.2 Å². The highest BCUT2D eigenvalue weighted by molar-refractivity contribution is 6.05. The van der Waals surface area contributed by atoms with E-state index in [1.807, 2.05) is 0 Å². The summed E-state index contributed by atoms with van der Waals surface area (Å²) in [5, 5.41) is 18.3. The molecule has 0 radical (unpaired) electrons. The molecule has 2 aromatic rings. The smallest absolute Gasteiger partial charge is 0.319 e. The summed E-state index contributed by atoms with van der Waals surface area (Å²) in [6.07, 6.45) is -1.06. The summed E-state index contributed by atoms with van der Waals surface area (Å²) in [6.45, 7) is 0.155. The van der Waals surface area contributed by atoms with Crippen molar-refractivity contribution in [1.82, 2.24) is 15.5 Å². The van der Waals surface area contributed by atoms with E-state index >= 15 is 0 Å². The van der Waals surface area contributed by atoms with Gasteiger partial charge in [-0.3, -0.25) is 24.6 Å². The van der Waals surface area contributed by atoms with Crippen molar-refractivity contribution in [2.45, 2.75) is 31.7 Å². The van der Waals surface area contributed by atoms with Crippen LogP contribution in [-0.4, -0.2) is 46.9 Å². The highest BCUT2D eigenvalue weighted by atomic mass is 16.5. The minimum atomic E-state index is -1.31. The molecule has 1 saturated heterocycles. The zero-order valence-electron chi connectivity index (χ0n) is 17.3. The van der Waals surface area contributed by atoms with Gasteiger partial charge in [0.15, 0.2) is 6.23 Å². The van der Waals surface area contributed by atoms with Crippen molar-refractivity contribution >= 4 is 29.4 Å². The highest BCUT2D eigenvalue weighted by Gasteiger charge is 2.44. The average Bonchev–Trinajstić information content (AvgIpc) is 3.02. The molecule has 2 unspecified atom stereocenters. The Morgan fingerprint density at radius 2 is 2.03 bits per heavy atom. The van der Waals surface area contributed by atoms with Crippen molar-refractivity contribution in [3.63, 3.8) is 0 Å². The summed E-state index contributed by atoms with van der Waals surface area (Å²) in [5.41, 5.74) is 1.87. The van der Waals surface area contributed by atoms with E-state index in [-0.39, 0.29) is 24.9 Å². The molecule has 2 aromatic carbocycles. The number of aliphatic hydroxyl groups excluding tert-OH is 1. The molecule has 10 heteroatoms. The first-order valence-corrected chi connectivity index (χ1v) is 10.0. The number of anilines is 1. The van der Waals surface area contributed by atoms with Crippen LogP contribution in [-0.2, 0) is 16.1 Å². The highest BCUT2D eigenvalue weighted by Crippen LogP contribution is 2.35. The van der Waals surface area contributed by atoms with Crippen LogP contribution >= 0.6 is 0 Å². The van der Waals surface area contributed by atoms with Crippen LogP contribution in [0.1, 0.15) is 40.6 Å². The molecular weight excluding hydrogens is 416 g/mol. The standard InChI is InChI=1S/C22H22N4O6/c1-32-14-4-2-3-13(10-14)24-22(31)23-11-12-5-6-15-16(9-12)21(30)26(20(15)29)17-7-8-18(27)25-19(17)28/h2-6,9-10,17,21,30H,7-8,11H2,1H3,(H2,23,24,31)(H,25,27,28). The molecule has 2 aliphatic rings. The zero-order chi connectivity index (χ0) is 22.8. The van der Waals surface area contributed by atoms with Gasteiger partial charge in [0.05, 0.1) is 7.11 Å². The summed E-state index contributed by atoms with van der Waals surface area (Å²) in [6, 6.07) is 10.4. The largest absolute Gasteiger partial charge is 0.497 e. The fourth-order valence-electron chi connectivity index (χ4n) is 3.85. The number of methoxy groups -OCH3 is 1. The van der Waals surface area contributed by atoms with Gasteiger partial charge in [0.2, 0.25) is 11.8 Å². The van der Waals surface area contributed by atoms with Gasteiger partial charge in [-0.15, -0.1) is 0 Å². The molecule has 2 aliphatic heterocycles. The Morgan fingerprint density at radius 3 is 2.78 bits per heavy atom. The fourth-order valence-corrected chi connectivity index (χ4v) is 3.85. The number of piperidine rings is 1. The number of imide groups is 1. The van der Waals surface area contributed by atoms with E-state index in [2.05, 4.69) is 16.0 Å². The molecule has 5 amide bonds. The van der Waals surface area contributed by atoms with Gasteiger partial charge in [-0.25, -0.2) is 4.79 Å². The molecule has 2 heterocycles. The molecule has 4 rings (SSSR count). The monoisotopic (exact) mass is 438 g/mol. The Morgan fingerprint density at radius 1 is 1.22 bits per heavy atom. The van der Waals surface area contributed by atoms with Gasteiger partial charge < -0.3 is 20.5 Å². The number of nitrogens with zero attached hydrogens (tertiary/aromatic N) is 1. The van der Waals surface area contributed by atoms with Gasteiger partial charge >= 0.3 is 6.03 Å². The van der Waals surface area contributed by atoms with Crippen molar-refractivity contribution in [1.29, 1.82) is 0 Å². The number of nitrogens with one attached hydrogen (secondary N) is 3. The number of urea groups is 1. The van der Waals surface area contributed by atoms with Gasteiger partial charge in [-0.05, 0) is 36.2 Å². The van der Waals surface area contributed by atoms with E-state index in [1.54, 1.807) is 42.5 Å². The van der Waals surface area contributed by atoms with Crippen molar-refractivity contribution < 1.29 is 29.0 Å². The quantitative estimate of drug-likeness (QED) is 0.519. The molecule has 4 N–H and O–H groups in total. The van der Waals surface area contributed by atoms with E-state index in [1.165, 1.54) is 7.11 Å². The van der Waals surface area contributed by atoms with Crippen LogP contribution in [0.3, 0.4) is 0 Å². The third-order valence-electron chi connectivity index (χ3n) is 5.45. The fraction of sp³-hybridized carbons (Fsp3) is 0.273. The Balaban J connectivity index is 1.42. The van der Waals surface area contributed by atoms with Gasteiger partial charge in [-0.1, -0.05) is 12.1 Å². The van der Waals surface area contributed by atoms with Crippen LogP contribution in [0.15, 0.2) is 42.5 Å². The van der Waals surface area contributed by atoms with Crippen LogP contribution in [0.4, 0.5) is 10.5 Å². The van der Waals surface area contributed by atoms with Crippen LogP contribution in [0.5, 0.6) is 5.75 Å². The zero-order valence-corrected chi connectivity index (χ0v) is 17.3. The van der Waals surface area contributed by atoms with Crippen molar-refractivity contribution in [2.75, 3.05) is 12.4 Å². The summed E-state index contributed by atoms with van der Waals surface area (Å²) in [4.78, 5) is 49.6. The number of ether oxygens (including phenoxy) is 1. The molecule has 0 bridgehead atoms. The Hall–Kier alpha value is -3.92. The number of amides is 5. The normalized spacial score (nSPS) is 19.9. The second-order valence-electron chi connectivity index (χ2n) is 7.51. The van der Waals surface area contributed by atoms with Crippen LogP contribution in [0.2, 0.25) is 0 Å². The Kier molecular flexibility index (Phi) is 5.78. The average molecular weight is 438 g/mol. The maximum absolute atomic E-state index is 12.8. The van der Waals surface area contributed by atoms with Crippen LogP contribution in [0.25, 0.3) is 0 Å². The van der Waals surface area contributed by atoms with Crippen LogP contribution < -0.4 is 20.7 Å². The summed E-state index contributed by atoms with van der Waals surface area (Å²) >= 11 is 0. The third-order valence-corrected chi connectivity index (χ3v) is 5.45. The molecule has 1 fully saturated rings. The van der Waals surface area contributed by atoms with E-state index in [9.17, 15) is 24.3 Å². The summed E-state index contributed by atoms with van der Waals surface area (Å²) in [5.74, 6) is -0.860. The number of fused-ring (bicyclic) bond motifs is 1. The van der Waals surface area contributed by atoms with Gasteiger partial charge in [0, 0.05) is 35.8 Å². The van der Waals surface area contributed by atoms with Gasteiger partial charge in [0.1, 0.15) is 11.8 Å². The third kappa shape index (κ3) is 4.12. The number of hydrogen-bond donors (Lipinski definition) is 4. The SMILES string of the molecule is COc1cccc(NC(=O)NCc2ccc3c(c2)C(O)N(C2CCC(=O)NC2=O)C3=O)c1. The van der Waals surface area contributed by atoms with E-state index in [0.29, 0.717) is 22.6 Å². The number of hydrogen-bond acceptors (Lipinski definition) is 6. The number of carbonyl (C=O) groups excluding carboxylic acids is 4. The molecular formula is C22H22N4O6. The molecule has 0 aromatic heterocycles. The van der Waals surface area contributed by atoms with Gasteiger partial charge in [-0.2, -0.15) is 0 Å². The van der Waals surface area contributed by atoms with E-state index in [0.717, 1.165) is 4.90 Å². The number of carbonyl (C=O) groups is 4. The number of benzene rings is 2. The predicted molar refractivity (Wildman–Crippen MR) is 113 cm³/mol. The molecule has 0 spiro atoms. The lowest BCUT2D eigenvalue weighted by molar-refractivity contribution is -0.139. The first-order chi connectivity index (χ1) is 15.4. The maximum atomic E-state index is 12.8. The van der Waals surface area contributed by atoms with Crippen molar-refractivity contribution in [2.24, 2.45) is 0 Å². The first-order valence-electron chi connectivity index (χ1n) is 10.0. The topological polar surface area (TPSA) is 137 Å². The molecule has 10 nitrogen and oxygen atoms in total.